The normalized spacial score (nSPS) is 13.1. The number of hydrogen-bond donors (Lipinski definition) is 0. The van der Waals surface area contributed by atoms with E-state index < -0.39 is 0 Å². The fraction of sp³-hybridized carbons (Fsp3) is 0.222. The fourth-order valence-corrected chi connectivity index (χ4v) is 3.42. The quantitative estimate of drug-likeness (QED) is 0.642. The van der Waals surface area contributed by atoms with Gasteiger partial charge in [-0.25, -0.2) is 0 Å². The molecule has 1 aromatic heterocycles. The van der Waals surface area contributed by atoms with Crippen molar-refractivity contribution < 1.29 is 4.74 Å². The highest BCUT2D eigenvalue weighted by Crippen LogP contribution is 2.39. The van der Waals surface area contributed by atoms with Gasteiger partial charge in [-0.3, -0.25) is 0 Å². The Morgan fingerprint density at radius 1 is 1.10 bits per heavy atom. The van der Waals surface area contributed by atoms with E-state index in [1.807, 2.05) is 0 Å². The summed E-state index contributed by atoms with van der Waals surface area (Å²) >= 11 is 0. The van der Waals surface area contributed by atoms with Gasteiger partial charge in [0.25, 0.3) is 0 Å². The Kier molecular flexibility index (Phi) is 2.40. The van der Waals surface area contributed by atoms with E-state index in [0.717, 1.165) is 18.7 Å². The van der Waals surface area contributed by atoms with Crippen LogP contribution in [0.4, 0.5) is 0 Å². The van der Waals surface area contributed by atoms with Crippen molar-refractivity contribution in [2.75, 3.05) is 7.11 Å². The van der Waals surface area contributed by atoms with Crippen LogP contribution in [-0.2, 0) is 13.0 Å². The molecule has 0 N–H and O–H groups in total. The molecule has 1 aliphatic heterocycles. The summed E-state index contributed by atoms with van der Waals surface area (Å²) in [5.41, 5.74) is 6.84. The van der Waals surface area contributed by atoms with Gasteiger partial charge >= 0.3 is 0 Å². The summed E-state index contributed by atoms with van der Waals surface area (Å²) in [6, 6.07) is 15.1. The van der Waals surface area contributed by atoms with Gasteiger partial charge in [0.15, 0.2) is 0 Å². The highest BCUT2D eigenvalue weighted by atomic mass is 16.5. The second kappa shape index (κ2) is 4.14. The summed E-state index contributed by atoms with van der Waals surface area (Å²) in [7, 11) is 1.73. The van der Waals surface area contributed by atoms with Crippen LogP contribution >= 0.6 is 0 Å². The molecule has 0 bridgehead atoms. The Balaban J connectivity index is 2.05. The molecule has 0 fully saturated rings. The number of fused-ring (bicyclic) bond motifs is 5. The van der Waals surface area contributed by atoms with Crippen LogP contribution in [0, 0.1) is 6.92 Å². The molecule has 0 aliphatic carbocycles. The standard InChI is InChI=1S/C18H17NO/c1-12-15-5-3-4-6-17(15)19-10-9-13-11-14(20-2)7-8-16(13)18(12)19/h3-8,11H,9-10H2,1-2H3. The van der Waals surface area contributed by atoms with E-state index in [0.29, 0.717) is 0 Å². The summed E-state index contributed by atoms with van der Waals surface area (Å²) in [5.74, 6) is 0.950. The molecule has 100 valence electrons. The Hall–Kier alpha value is -2.22. The average molecular weight is 263 g/mol. The zero-order chi connectivity index (χ0) is 13.7. The molecule has 0 saturated carbocycles. The van der Waals surface area contributed by atoms with E-state index in [1.165, 1.54) is 33.3 Å². The SMILES string of the molecule is COc1ccc2c(c1)CCn1c-2c(C)c2ccccc21. The zero-order valence-electron chi connectivity index (χ0n) is 11.8. The van der Waals surface area contributed by atoms with Gasteiger partial charge in [0.2, 0.25) is 0 Å². The number of aryl methyl sites for hydroxylation is 3. The van der Waals surface area contributed by atoms with Crippen LogP contribution in [0.1, 0.15) is 11.1 Å². The maximum absolute atomic E-state index is 5.35. The molecule has 2 nitrogen and oxygen atoms in total. The van der Waals surface area contributed by atoms with Crippen molar-refractivity contribution >= 4 is 10.9 Å². The second-order valence-electron chi connectivity index (χ2n) is 5.42. The number of ether oxygens (including phenoxy) is 1. The molecule has 2 heteroatoms. The molecular formula is C18H17NO. The van der Waals surface area contributed by atoms with E-state index in [9.17, 15) is 0 Å². The minimum atomic E-state index is 0.950. The van der Waals surface area contributed by atoms with Gasteiger partial charge in [-0.1, -0.05) is 18.2 Å². The fourth-order valence-electron chi connectivity index (χ4n) is 3.42. The number of methoxy groups -OCH3 is 1. The van der Waals surface area contributed by atoms with Gasteiger partial charge in [0.05, 0.1) is 12.8 Å². The van der Waals surface area contributed by atoms with Gasteiger partial charge < -0.3 is 9.30 Å². The van der Waals surface area contributed by atoms with Gasteiger partial charge in [-0.05, 0) is 48.7 Å². The lowest BCUT2D eigenvalue weighted by molar-refractivity contribution is 0.414. The highest BCUT2D eigenvalue weighted by Gasteiger charge is 2.21. The molecule has 2 heterocycles. The van der Waals surface area contributed by atoms with E-state index in [1.54, 1.807) is 7.11 Å². The first-order chi connectivity index (χ1) is 9.79. The van der Waals surface area contributed by atoms with Crippen LogP contribution in [0.5, 0.6) is 5.75 Å². The van der Waals surface area contributed by atoms with Gasteiger partial charge in [0, 0.05) is 23.0 Å². The second-order valence-corrected chi connectivity index (χ2v) is 5.42. The Morgan fingerprint density at radius 2 is 1.95 bits per heavy atom. The number of para-hydroxylation sites is 1. The van der Waals surface area contributed by atoms with Crippen molar-refractivity contribution in [1.29, 1.82) is 0 Å². The Bertz CT molecular complexity index is 814. The summed E-state index contributed by atoms with van der Waals surface area (Å²) in [5, 5.41) is 1.37. The van der Waals surface area contributed by atoms with Crippen LogP contribution in [0.15, 0.2) is 42.5 Å². The first-order valence-corrected chi connectivity index (χ1v) is 7.04. The third-order valence-electron chi connectivity index (χ3n) is 4.40. The van der Waals surface area contributed by atoms with Crippen molar-refractivity contribution in [3.05, 3.63) is 53.6 Å². The maximum Gasteiger partial charge on any atom is 0.119 e. The Labute approximate surface area is 118 Å². The minimum Gasteiger partial charge on any atom is -0.497 e. The lowest BCUT2D eigenvalue weighted by Crippen LogP contribution is -2.11. The molecule has 2 aromatic carbocycles. The molecule has 1 aliphatic rings. The largest absolute Gasteiger partial charge is 0.497 e. The zero-order valence-corrected chi connectivity index (χ0v) is 11.8. The molecule has 0 unspecified atom stereocenters. The van der Waals surface area contributed by atoms with Crippen LogP contribution in [0.25, 0.3) is 22.2 Å². The number of benzene rings is 2. The molecule has 0 spiro atoms. The smallest absolute Gasteiger partial charge is 0.119 e. The summed E-state index contributed by atoms with van der Waals surface area (Å²) < 4.78 is 7.81. The van der Waals surface area contributed by atoms with Crippen LogP contribution in [0.3, 0.4) is 0 Å². The molecular weight excluding hydrogens is 246 g/mol. The molecule has 3 aromatic rings. The molecule has 0 atom stereocenters. The van der Waals surface area contributed by atoms with Crippen LogP contribution in [0.2, 0.25) is 0 Å². The van der Waals surface area contributed by atoms with Crippen molar-refractivity contribution in [1.82, 2.24) is 4.57 Å². The van der Waals surface area contributed by atoms with E-state index in [2.05, 4.69) is 54.0 Å². The van der Waals surface area contributed by atoms with Crippen LogP contribution in [-0.4, -0.2) is 11.7 Å². The highest BCUT2D eigenvalue weighted by molar-refractivity contribution is 5.92. The van der Waals surface area contributed by atoms with E-state index in [4.69, 9.17) is 4.74 Å². The molecule has 20 heavy (non-hydrogen) atoms. The van der Waals surface area contributed by atoms with Crippen molar-refractivity contribution in [3.8, 4) is 17.0 Å². The lowest BCUT2D eigenvalue weighted by Gasteiger charge is -2.21. The molecule has 0 radical (unpaired) electrons. The third-order valence-corrected chi connectivity index (χ3v) is 4.40. The summed E-state index contributed by atoms with van der Waals surface area (Å²) in [6.45, 7) is 3.28. The first kappa shape index (κ1) is 11.6. The van der Waals surface area contributed by atoms with E-state index >= 15 is 0 Å². The summed E-state index contributed by atoms with van der Waals surface area (Å²) in [4.78, 5) is 0. The van der Waals surface area contributed by atoms with Gasteiger partial charge in [-0.2, -0.15) is 0 Å². The molecule has 4 rings (SSSR count). The van der Waals surface area contributed by atoms with Crippen molar-refractivity contribution in [2.24, 2.45) is 0 Å². The Morgan fingerprint density at radius 3 is 2.80 bits per heavy atom. The molecule has 0 saturated heterocycles. The topological polar surface area (TPSA) is 14.2 Å². The predicted molar refractivity (Wildman–Crippen MR) is 82.4 cm³/mol. The number of nitrogens with zero attached hydrogens (tertiary/aromatic N) is 1. The predicted octanol–water partition coefficient (Wildman–Crippen LogP) is 4.18. The van der Waals surface area contributed by atoms with Crippen LogP contribution < -0.4 is 4.74 Å². The number of rotatable bonds is 1. The van der Waals surface area contributed by atoms with Crippen molar-refractivity contribution in [2.45, 2.75) is 19.9 Å². The summed E-state index contributed by atoms with van der Waals surface area (Å²) in [6.07, 6.45) is 1.07. The lowest BCUT2D eigenvalue weighted by atomic mass is 9.96. The average Bonchev–Trinajstić information content (AvgIpc) is 2.80. The minimum absolute atomic E-state index is 0.950. The van der Waals surface area contributed by atoms with Crippen molar-refractivity contribution in [3.63, 3.8) is 0 Å². The third kappa shape index (κ3) is 1.45. The van der Waals surface area contributed by atoms with E-state index in [-0.39, 0.29) is 0 Å². The molecule has 0 amide bonds. The number of aromatic nitrogens is 1. The number of hydrogen-bond acceptors (Lipinski definition) is 1. The monoisotopic (exact) mass is 263 g/mol. The van der Waals surface area contributed by atoms with Gasteiger partial charge in [0.1, 0.15) is 5.75 Å². The van der Waals surface area contributed by atoms with Gasteiger partial charge in [-0.15, -0.1) is 0 Å². The first-order valence-electron chi connectivity index (χ1n) is 7.04. The maximum atomic E-state index is 5.35.